The Morgan fingerprint density at radius 3 is 2.64 bits per heavy atom. The largest absolute Gasteiger partial charge is 0.346 e. The lowest BCUT2D eigenvalue weighted by atomic mass is 9.72. The van der Waals surface area contributed by atoms with E-state index in [1.165, 1.54) is 11.3 Å². The molecule has 1 amide bonds. The lowest BCUT2D eigenvalue weighted by Gasteiger charge is -2.56. The van der Waals surface area contributed by atoms with Crippen LogP contribution in [-0.4, -0.2) is 35.5 Å². The average molecular weight is 383 g/mol. The molecule has 0 aliphatic carbocycles. The zero-order chi connectivity index (χ0) is 17.1. The van der Waals surface area contributed by atoms with Crippen molar-refractivity contribution in [3.8, 4) is 0 Å². The van der Waals surface area contributed by atoms with Crippen molar-refractivity contribution in [2.24, 2.45) is 5.92 Å². The molecule has 4 heterocycles. The number of amides is 1. The van der Waals surface area contributed by atoms with E-state index in [-0.39, 0.29) is 35.7 Å². The average Bonchev–Trinajstić information content (AvgIpc) is 3.00. The Hall–Kier alpha value is -1.17. The van der Waals surface area contributed by atoms with E-state index in [1.54, 1.807) is 13.0 Å². The third kappa shape index (κ3) is 2.96. The molecule has 3 nitrogen and oxygen atoms in total. The molecule has 1 aromatic heterocycles. The molecule has 1 atom stereocenters. The van der Waals surface area contributed by atoms with Crippen LogP contribution >= 0.6 is 23.7 Å². The summed E-state index contributed by atoms with van der Waals surface area (Å²) in [5.41, 5.74) is 0.602. The van der Waals surface area contributed by atoms with Crippen molar-refractivity contribution in [3.63, 3.8) is 0 Å². The lowest BCUT2D eigenvalue weighted by Crippen LogP contribution is -2.69. The van der Waals surface area contributed by atoms with Gasteiger partial charge in [0.15, 0.2) is 0 Å². The molecular formula is C19H24ClFN2OS. The molecule has 0 saturated carbocycles. The van der Waals surface area contributed by atoms with Crippen LogP contribution in [0.4, 0.5) is 4.39 Å². The molecular weight excluding hydrogens is 359 g/mol. The number of nitrogens with one attached hydrogen (secondary N) is 1. The molecule has 2 bridgehead atoms. The molecule has 6 heteroatoms. The highest BCUT2D eigenvalue weighted by molar-refractivity contribution is 7.20. The van der Waals surface area contributed by atoms with Gasteiger partial charge in [-0.15, -0.1) is 23.7 Å². The van der Waals surface area contributed by atoms with Crippen LogP contribution in [0.3, 0.4) is 0 Å². The summed E-state index contributed by atoms with van der Waals surface area (Å²) in [4.78, 5) is 15.9. The van der Waals surface area contributed by atoms with Gasteiger partial charge in [-0.2, -0.15) is 0 Å². The van der Waals surface area contributed by atoms with Gasteiger partial charge in [-0.1, -0.05) is 12.1 Å². The van der Waals surface area contributed by atoms with Crippen LogP contribution in [0, 0.1) is 18.7 Å². The fraction of sp³-hybridized carbons (Fsp3) is 0.526. The molecule has 5 rings (SSSR count). The van der Waals surface area contributed by atoms with Gasteiger partial charge in [0.2, 0.25) is 0 Å². The summed E-state index contributed by atoms with van der Waals surface area (Å²) in [6.45, 7) is 8.44. The predicted octanol–water partition coefficient (Wildman–Crippen LogP) is 4.37. The van der Waals surface area contributed by atoms with Gasteiger partial charge in [-0.05, 0) is 69.6 Å². The van der Waals surface area contributed by atoms with E-state index >= 15 is 0 Å². The SMILES string of the molecule is Cc1ccc2cc(C(=O)N[C@@H]3C4CCN(CC4)C3(C)C)sc2c1F.Cl. The highest BCUT2D eigenvalue weighted by Crippen LogP contribution is 2.39. The molecule has 0 unspecified atom stereocenters. The van der Waals surface area contributed by atoms with E-state index in [9.17, 15) is 9.18 Å². The third-order valence-electron chi connectivity index (χ3n) is 5.92. The van der Waals surface area contributed by atoms with Gasteiger partial charge in [-0.3, -0.25) is 9.69 Å². The minimum Gasteiger partial charge on any atom is -0.346 e. The van der Waals surface area contributed by atoms with Crippen molar-refractivity contribution in [2.75, 3.05) is 13.1 Å². The van der Waals surface area contributed by atoms with Gasteiger partial charge in [0, 0.05) is 11.6 Å². The number of nitrogens with zero attached hydrogens (tertiary/aromatic N) is 1. The Balaban J connectivity index is 0.00000182. The molecule has 25 heavy (non-hydrogen) atoms. The first-order valence-electron chi connectivity index (χ1n) is 8.62. The Labute approximate surface area is 158 Å². The molecule has 136 valence electrons. The first kappa shape index (κ1) is 18.6. The molecule has 0 radical (unpaired) electrons. The monoisotopic (exact) mass is 382 g/mol. The number of thiophene rings is 1. The van der Waals surface area contributed by atoms with Gasteiger partial charge in [0.05, 0.1) is 9.58 Å². The van der Waals surface area contributed by atoms with E-state index < -0.39 is 0 Å². The van der Waals surface area contributed by atoms with Gasteiger partial charge >= 0.3 is 0 Å². The number of carbonyl (C=O) groups is 1. The smallest absolute Gasteiger partial charge is 0.261 e. The Morgan fingerprint density at radius 1 is 1.32 bits per heavy atom. The van der Waals surface area contributed by atoms with Crippen molar-refractivity contribution in [2.45, 2.75) is 45.2 Å². The van der Waals surface area contributed by atoms with Crippen molar-refractivity contribution in [1.29, 1.82) is 0 Å². The minimum absolute atomic E-state index is 0. The second-order valence-electron chi connectivity index (χ2n) is 7.65. The van der Waals surface area contributed by atoms with Crippen LogP contribution in [0.25, 0.3) is 10.1 Å². The zero-order valence-corrected chi connectivity index (χ0v) is 16.4. The highest BCUT2D eigenvalue weighted by atomic mass is 35.5. The number of hydrogen-bond donors (Lipinski definition) is 1. The fourth-order valence-corrected chi connectivity index (χ4v) is 5.42. The number of hydrogen-bond acceptors (Lipinski definition) is 3. The van der Waals surface area contributed by atoms with Crippen LogP contribution < -0.4 is 5.32 Å². The maximum Gasteiger partial charge on any atom is 0.261 e. The summed E-state index contributed by atoms with van der Waals surface area (Å²) in [5.74, 6) is 0.266. The van der Waals surface area contributed by atoms with E-state index in [0.29, 0.717) is 21.1 Å². The second kappa shape index (κ2) is 6.53. The van der Waals surface area contributed by atoms with Crippen molar-refractivity contribution < 1.29 is 9.18 Å². The predicted molar refractivity (Wildman–Crippen MR) is 103 cm³/mol. The number of benzene rings is 1. The quantitative estimate of drug-likeness (QED) is 0.836. The Morgan fingerprint density at radius 2 is 2.00 bits per heavy atom. The number of rotatable bonds is 2. The molecule has 3 aliphatic rings. The van der Waals surface area contributed by atoms with E-state index in [4.69, 9.17) is 0 Å². The number of aryl methyl sites for hydroxylation is 1. The Bertz CT molecular complexity index is 811. The molecule has 1 N–H and O–H groups in total. The topological polar surface area (TPSA) is 32.3 Å². The van der Waals surface area contributed by atoms with Gasteiger partial charge in [0.25, 0.3) is 5.91 Å². The fourth-order valence-electron chi connectivity index (χ4n) is 4.37. The van der Waals surface area contributed by atoms with E-state index in [0.717, 1.165) is 31.3 Å². The number of halogens is 2. The molecule has 0 spiro atoms. The molecule has 3 saturated heterocycles. The van der Waals surface area contributed by atoms with E-state index in [1.807, 2.05) is 12.1 Å². The minimum atomic E-state index is -0.209. The van der Waals surface area contributed by atoms with Gasteiger partial charge < -0.3 is 5.32 Å². The summed E-state index contributed by atoms with van der Waals surface area (Å²) in [5, 5.41) is 4.07. The van der Waals surface area contributed by atoms with Crippen LogP contribution in [0.1, 0.15) is 41.9 Å². The summed E-state index contributed by atoms with van der Waals surface area (Å²) < 4.78 is 14.8. The van der Waals surface area contributed by atoms with Crippen LogP contribution in [0.15, 0.2) is 18.2 Å². The Kier molecular flexibility index (Phi) is 4.86. The molecule has 3 aliphatic heterocycles. The van der Waals surface area contributed by atoms with Crippen molar-refractivity contribution >= 4 is 39.7 Å². The highest BCUT2D eigenvalue weighted by Gasteiger charge is 2.48. The number of carbonyl (C=O) groups excluding carboxylic acids is 1. The lowest BCUT2D eigenvalue weighted by molar-refractivity contribution is -0.0377. The molecule has 1 aromatic carbocycles. The normalized spacial score (nSPS) is 27.1. The first-order valence-corrected chi connectivity index (χ1v) is 9.44. The molecule has 2 aromatic rings. The molecule has 3 fully saturated rings. The van der Waals surface area contributed by atoms with Gasteiger partial charge in [-0.25, -0.2) is 4.39 Å². The van der Waals surface area contributed by atoms with Crippen LogP contribution in [-0.2, 0) is 0 Å². The van der Waals surface area contributed by atoms with Crippen LogP contribution in [0.5, 0.6) is 0 Å². The summed E-state index contributed by atoms with van der Waals surface area (Å²) in [7, 11) is 0. The first-order chi connectivity index (χ1) is 11.4. The van der Waals surface area contributed by atoms with Crippen molar-refractivity contribution in [3.05, 3.63) is 34.5 Å². The zero-order valence-electron chi connectivity index (χ0n) is 14.8. The summed E-state index contributed by atoms with van der Waals surface area (Å²) >= 11 is 1.25. The summed E-state index contributed by atoms with van der Waals surface area (Å²) in [6.07, 6.45) is 2.29. The number of piperidine rings is 3. The van der Waals surface area contributed by atoms with Gasteiger partial charge in [0.1, 0.15) is 5.82 Å². The number of fused-ring (bicyclic) bond motifs is 4. The van der Waals surface area contributed by atoms with Crippen molar-refractivity contribution in [1.82, 2.24) is 10.2 Å². The maximum atomic E-state index is 14.3. The summed E-state index contributed by atoms with van der Waals surface area (Å²) in [6, 6.07) is 5.62. The van der Waals surface area contributed by atoms with Crippen LogP contribution in [0.2, 0.25) is 0 Å². The third-order valence-corrected chi connectivity index (χ3v) is 7.06. The maximum absolute atomic E-state index is 14.3. The standard InChI is InChI=1S/C19H23FN2OS.ClH/c1-11-4-5-13-10-14(24-16(13)15(11)20)18(23)21-17-12-6-8-22(9-7-12)19(17,2)3;/h4-5,10,12,17H,6-9H2,1-3H3,(H,21,23);1H/t17-;/m1./s1. The second-order valence-corrected chi connectivity index (χ2v) is 8.71. The van der Waals surface area contributed by atoms with E-state index in [2.05, 4.69) is 24.1 Å².